The lowest BCUT2D eigenvalue weighted by molar-refractivity contribution is 0.0592. The number of benzene rings is 1. The average Bonchev–Trinajstić information content (AvgIpc) is 2.53. The third kappa shape index (κ3) is 4.25. The van der Waals surface area contributed by atoms with Gasteiger partial charge in [0.15, 0.2) is 5.69 Å². The Kier molecular flexibility index (Phi) is 5.22. The van der Waals surface area contributed by atoms with E-state index in [2.05, 4.69) is 14.7 Å². The summed E-state index contributed by atoms with van der Waals surface area (Å²) < 4.78 is 15.2. The monoisotopic (exact) mass is 288 g/mol. The van der Waals surface area contributed by atoms with Crippen molar-refractivity contribution in [1.82, 2.24) is 9.97 Å². The molecule has 0 saturated heterocycles. The van der Waals surface area contributed by atoms with Gasteiger partial charge in [0.2, 0.25) is 5.88 Å². The summed E-state index contributed by atoms with van der Waals surface area (Å²) in [5, 5.41) is 0. The third-order valence-electron chi connectivity index (χ3n) is 2.75. The lowest BCUT2D eigenvalue weighted by Gasteiger charge is -2.06. The van der Waals surface area contributed by atoms with Crippen molar-refractivity contribution in [3.8, 4) is 11.6 Å². The van der Waals surface area contributed by atoms with E-state index in [9.17, 15) is 4.79 Å². The summed E-state index contributed by atoms with van der Waals surface area (Å²) in [7, 11) is 2.96. The largest absolute Gasteiger partial charge is 0.464 e. The highest BCUT2D eigenvalue weighted by atomic mass is 16.5. The van der Waals surface area contributed by atoms with Crippen molar-refractivity contribution >= 4 is 5.97 Å². The van der Waals surface area contributed by atoms with Gasteiger partial charge in [-0.05, 0) is 24.1 Å². The Labute approximate surface area is 122 Å². The molecular weight excluding hydrogens is 272 g/mol. The Morgan fingerprint density at radius 2 is 1.90 bits per heavy atom. The number of ether oxygens (including phenoxy) is 3. The Morgan fingerprint density at radius 1 is 1.14 bits per heavy atom. The van der Waals surface area contributed by atoms with Gasteiger partial charge >= 0.3 is 5.97 Å². The summed E-state index contributed by atoms with van der Waals surface area (Å²) in [6.45, 7) is 0.673. The number of hydrogen-bond acceptors (Lipinski definition) is 6. The zero-order chi connectivity index (χ0) is 15.1. The first-order valence-electron chi connectivity index (χ1n) is 6.39. The summed E-state index contributed by atoms with van der Waals surface area (Å²) in [6.07, 6.45) is 3.60. The van der Waals surface area contributed by atoms with E-state index in [1.807, 2.05) is 24.3 Å². The standard InChI is InChI=1S/C15H16N2O4/c1-19-8-7-11-3-5-12(6-4-11)21-14-10-16-9-13(17-14)15(18)20-2/h3-6,9-10H,7-8H2,1-2H3. The molecule has 0 aliphatic carbocycles. The number of nitrogens with zero attached hydrogens (tertiary/aromatic N) is 2. The molecule has 0 spiro atoms. The van der Waals surface area contributed by atoms with Gasteiger partial charge in [0, 0.05) is 7.11 Å². The molecule has 0 N–H and O–H groups in total. The highest BCUT2D eigenvalue weighted by Crippen LogP contribution is 2.19. The molecule has 110 valence electrons. The molecule has 0 aliphatic rings. The maximum atomic E-state index is 11.4. The number of methoxy groups -OCH3 is 2. The summed E-state index contributed by atoms with van der Waals surface area (Å²) in [5.74, 6) is 0.304. The van der Waals surface area contributed by atoms with Gasteiger partial charge in [-0.2, -0.15) is 0 Å². The van der Waals surface area contributed by atoms with E-state index >= 15 is 0 Å². The molecule has 2 rings (SSSR count). The first-order valence-corrected chi connectivity index (χ1v) is 6.39. The van der Waals surface area contributed by atoms with Crippen molar-refractivity contribution in [2.24, 2.45) is 0 Å². The summed E-state index contributed by atoms with van der Waals surface area (Å²) in [5.41, 5.74) is 1.25. The Bertz CT molecular complexity index is 599. The fourth-order valence-corrected chi connectivity index (χ4v) is 1.66. The predicted octanol–water partition coefficient (Wildman–Crippen LogP) is 2.24. The second-order valence-electron chi connectivity index (χ2n) is 4.22. The van der Waals surface area contributed by atoms with Crippen LogP contribution in [0.4, 0.5) is 0 Å². The van der Waals surface area contributed by atoms with Crippen LogP contribution in [-0.2, 0) is 15.9 Å². The minimum atomic E-state index is -0.553. The van der Waals surface area contributed by atoms with Crippen LogP contribution in [0.1, 0.15) is 16.1 Å². The summed E-state index contributed by atoms with van der Waals surface area (Å²) in [4.78, 5) is 19.3. The minimum Gasteiger partial charge on any atom is -0.464 e. The number of aromatic nitrogens is 2. The maximum absolute atomic E-state index is 11.4. The van der Waals surface area contributed by atoms with E-state index in [0.29, 0.717) is 12.4 Å². The zero-order valence-corrected chi connectivity index (χ0v) is 11.9. The van der Waals surface area contributed by atoms with E-state index in [4.69, 9.17) is 9.47 Å². The van der Waals surface area contributed by atoms with Gasteiger partial charge in [-0.25, -0.2) is 9.78 Å². The van der Waals surface area contributed by atoms with Crippen molar-refractivity contribution in [2.75, 3.05) is 20.8 Å². The Hall–Kier alpha value is -2.47. The Morgan fingerprint density at radius 3 is 2.57 bits per heavy atom. The second-order valence-corrected chi connectivity index (χ2v) is 4.22. The van der Waals surface area contributed by atoms with Gasteiger partial charge in [0.25, 0.3) is 0 Å². The van der Waals surface area contributed by atoms with E-state index in [-0.39, 0.29) is 11.6 Å². The van der Waals surface area contributed by atoms with Gasteiger partial charge in [-0.3, -0.25) is 4.98 Å². The smallest absolute Gasteiger partial charge is 0.358 e. The van der Waals surface area contributed by atoms with Crippen molar-refractivity contribution in [2.45, 2.75) is 6.42 Å². The molecule has 0 aliphatic heterocycles. The normalized spacial score (nSPS) is 10.2. The molecular formula is C15H16N2O4. The lowest BCUT2D eigenvalue weighted by Crippen LogP contribution is -2.05. The number of carbonyl (C=O) groups is 1. The van der Waals surface area contributed by atoms with Crippen LogP contribution in [0.15, 0.2) is 36.7 Å². The molecule has 1 aromatic carbocycles. The molecule has 21 heavy (non-hydrogen) atoms. The number of esters is 1. The van der Waals surface area contributed by atoms with Crippen LogP contribution in [0.3, 0.4) is 0 Å². The van der Waals surface area contributed by atoms with Gasteiger partial charge in [0.1, 0.15) is 5.75 Å². The highest BCUT2D eigenvalue weighted by Gasteiger charge is 2.09. The molecule has 6 heteroatoms. The molecule has 0 radical (unpaired) electrons. The fourth-order valence-electron chi connectivity index (χ4n) is 1.66. The minimum absolute atomic E-state index is 0.103. The van der Waals surface area contributed by atoms with Crippen LogP contribution in [-0.4, -0.2) is 36.8 Å². The van der Waals surface area contributed by atoms with Crippen LogP contribution >= 0.6 is 0 Å². The van der Waals surface area contributed by atoms with Gasteiger partial charge in [0.05, 0.1) is 26.1 Å². The zero-order valence-electron chi connectivity index (χ0n) is 11.9. The molecule has 0 atom stereocenters. The summed E-state index contributed by atoms with van der Waals surface area (Å²) in [6, 6.07) is 7.56. The quantitative estimate of drug-likeness (QED) is 0.759. The first kappa shape index (κ1) is 14.9. The van der Waals surface area contributed by atoms with Gasteiger partial charge in [-0.15, -0.1) is 0 Å². The second kappa shape index (κ2) is 7.35. The van der Waals surface area contributed by atoms with E-state index in [0.717, 1.165) is 12.0 Å². The maximum Gasteiger partial charge on any atom is 0.358 e. The van der Waals surface area contributed by atoms with Crippen molar-refractivity contribution in [3.05, 3.63) is 47.9 Å². The molecule has 1 heterocycles. The molecule has 0 amide bonds. The average molecular weight is 288 g/mol. The highest BCUT2D eigenvalue weighted by molar-refractivity contribution is 5.86. The molecule has 0 bridgehead atoms. The van der Waals surface area contributed by atoms with E-state index < -0.39 is 5.97 Å². The van der Waals surface area contributed by atoms with Crippen LogP contribution in [0, 0.1) is 0 Å². The topological polar surface area (TPSA) is 70.5 Å². The van der Waals surface area contributed by atoms with Crippen LogP contribution < -0.4 is 4.74 Å². The molecule has 0 unspecified atom stereocenters. The van der Waals surface area contributed by atoms with Crippen LogP contribution in [0.2, 0.25) is 0 Å². The lowest BCUT2D eigenvalue weighted by atomic mass is 10.1. The van der Waals surface area contributed by atoms with Crippen molar-refractivity contribution < 1.29 is 19.0 Å². The Balaban J connectivity index is 2.06. The number of hydrogen-bond donors (Lipinski definition) is 0. The molecule has 0 saturated carbocycles. The predicted molar refractivity (Wildman–Crippen MR) is 75.5 cm³/mol. The molecule has 2 aromatic rings. The summed E-state index contributed by atoms with van der Waals surface area (Å²) >= 11 is 0. The first-order chi connectivity index (χ1) is 10.2. The number of carbonyl (C=O) groups excluding carboxylic acids is 1. The SMILES string of the molecule is COCCc1ccc(Oc2cncc(C(=O)OC)n2)cc1. The fraction of sp³-hybridized carbons (Fsp3) is 0.267. The van der Waals surface area contributed by atoms with Crippen molar-refractivity contribution in [1.29, 1.82) is 0 Å². The number of rotatable bonds is 6. The van der Waals surface area contributed by atoms with Crippen LogP contribution in [0.25, 0.3) is 0 Å². The molecule has 0 fully saturated rings. The van der Waals surface area contributed by atoms with E-state index in [1.165, 1.54) is 19.5 Å². The van der Waals surface area contributed by atoms with Gasteiger partial charge in [-0.1, -0.05) is 12.1 Å². The van der Waals surface area contributed by atoms with E-state index in [1.54, 1.807) is 7.11 Å². The third-order valence-corrected chi connectivity index (χ3v) is 2.75. The van der Waals surface area contributed by atoms with Crippen LogP contribution in [0.5, 0.6) is 11.6 Å². The van der Waals surface area contributed by atoms with Gasteiger partial charge < -0.3 is 14.2 Å². The van der Waals surface area contributed by atoms with Crippen molar-refractivity contribution in [3.63, 3.8) is 0 Å². The molecule has 1 aromatic heterocycles. The molecule has 6 nitrogen and oxygen atoms in total.